The second kappa shape index (κ2) is 6.74. The van der Waals surface area contributed by atoms with Crippen LogP contribution in [-0.4, -0.2) is 53.3 Å². The van der Waals surface area contributed by atoms with Crippen LogP contribution in [0.25, 0.3) is 0 Å². The molecule has 1 aliphatic heterocycles. The van der Waals surface area contributed by atoms with Gasteiger partial charge in [-0.05, 0) is 11.8 Å². The summed E-state index contributed by atoms with van der Waals surface area (Å²) in [6.45, 7) is 13.6. The standard InChI is InChI=1S/C13H25BrN2O/c1-10(2)9-15-5-7-16(8-6-15)13(17)12(14)11(3)4/h10-12H,5-9H2,1-4H3. The van der Waals surface area contributed by atoms with Crippen LogP contribution in [0.2, 0.25) is 0 Å². The molecule has 0 saturated carbocycles. The number of hydrogen-bond acceptors (Lipinski definition) is 2. The van der Waals surface area contributed by atoms with Crippen molar-refractivity contribution < 1.29 is 4.79 Å². The van der Waals surface area contributed by atoms with Crippen molar-refractivity contribution in [2.24, 2.45) is 11.8 Å². The van der Waals surface area contributed by atoms with Gasteiger partial charge < -0.3 is 4.90 Å². The SMILES string of the molecule is CC(C)CN1CCN(C(=O)C(Br)C(C)C)CC1. The monoisotopic (exact) mass is 304 g/mol. The molecule has 1 heterocycles. The van der Waals surface area contributed by atoms with Crippen LogP contribution >= 0.6 is 15.9 Å². The first-order chi connectivity index (χ1) is 7.91. The molecule has 0 aromatic heterocycles. The number of nitrogens with zero attached hydrogens (tertiary/aromatic N) is 2. The molecule has 4 heteroatoms. The molecule has 0 N–H and O–H groups in total. The minimum Gasteiger partial charge on any atom is -0.339 e. The van der Waals surface area contributed by atoms with Crippen LogP contribution < -0.4 is 0 Å². The summed E-state index contributed by atoms with van der Waals surface area (Å²) in [6.07, 6.45) is 0. The molecule has 1 saturated heterocycles. The number of hydrogen-bond donors (Lipinski definition) is 0. The van der Waals surface area contributed by atoms with Crippen molar-refractivity contribution in [3.8, 4) is 0 Å². The van der Waals surface area contributed by atoms with Crippen LogP contribution in [-0.2, 0) is 4.79 Å². The molecule has 0 aromatic carbocycles. The van der Waals surface area contributed by atoms with Crippen molar-refractivity contribution in [2.75, 3.05) is 32.7 Å². The molecule has 1 unspecified atom stereocenters. The van der Waals surface area contributed by atoms with Gasteiger partial charge in [-0.15, -0.1) is 0 Å². The van der Waals surface area contributed by atoms with Crippen LogP contribution in [0.4, 0.5) is 0 Å². The first kappa shape index (κ1) is 15.0. The summed E-state index contributed by atoms with van der Waals surface area (Å²) in [5.41, 5.74) is 0. The summed E-state index contributed by atoms with van der Waals surface area (Å²) in [6, 6.07) is 0. The maximum atomic E-state index is 12.1. The van der Waals surface area contributed by atoms with Crippen molar-refractivity contribution in [2.45, 2.75) is 32.5 Å². The van der Waals surface area contributed by atoms with Gasteiger partial charge >= 0.3 is 0 Å². The van der Waals surface area contributed by atoms with E-state index < -0.39 is 0 Å². The Balaban J connectivity index is 2.39. The maximum Gasteiger partial charge on any atom is 0.236 e. The number of carbonyl (C=O) groups is 1. The number of halogens is 1. The van der Waals surface area contributed by atoms with E-state index in [1.165, 1.54) is 0 Å². The molecular formula is C13H25BrN2O. The zero-order chi connectivity index (χ0) is 13.0. The van der Waals surface area contributed by atoms with Crippen molar-refractivity contribution in [3.05, 3.63) is 0 Å². The van der Waals surface area contributed by atoms with E-state index in [1.54, 1.807) is 0 Å². The Labute approximate surface area is 114 Å². The second-order valence-electron chi connectivity index (χ2n) is 5.67. The van der Waals surface area contributed by atoms with Crippen LogP contribution in [0.5, 0.6) is 0 Å². The van der Waals surface area contributed by atoms with E-state index in [-0.39, 0.29) is 10.7 Å². The molecule has 17 heavy (non-hydrogen) atoms. The summed E-state index contributed by atoms with van der Waals surface area (Å²) in [5, 5.41) is 0. The fourth-order valence-electron chi connectivity index (χ4n) is 2.13. The lowest BCUT2D eigenvalue weighted by Crippen LogP contribution is -2.51. The molecule has 1 atom stereocenters. The molecule has 1 fully saturated rings. The number of carbonyl (C=O) groups excluding carboxylic acids is 1. The lowest BCUT2D eigenvalue weighted by Gasteiger charge is -2.36. The third kappa shape index (κ3) is 4.59. The Morgan fingerprint density at radius 1 is 1.12 bits per heavy atom. The van der Waals surface area contributed by atoms with Gasteiger partial charge in [-0.2, -0.15) is 0 Å². The lowest BCUT2D eigenvalue weighted by molar-refractivity contribution is -0.132. The second-order valence-corrected chi connectivity index (χ2v) is 6.65. The molecule has 0 spiro atoms. The van der Waals surface area contributed by atoms with Gasteiger partial charge in [0.15, 0.2) is 0 Å². The van der Waals surface area contributed by atoms with E-state index >= 15 is 0 Å². The fourth-order valence-corrected chi connectivity index (χ4v) is 2.42. The van der Waals surface area contributed by atoms with E-state index in [1.807, 2.05) is 4.90 Å². The summed E-state index contributed by atoms with van der Waals surface area (Å²) in [7, 11) is 0. The summed E-state index contributed by atoms with van der Waals surface area (Å²) < 4.78 is 0. The predicted molar refractivity (Wildman–Crippen MR) is 75.4 cm³/mol. The normalized spacial score (nSPS) is 20.1. The van der Waals surface area contributed by atoms with Crippen molar-refractivity contribution >= 4 is 21.8 Å². The van der Waals surface area contributed by atoms with Gasteiger partial charge in [-0.3, -0.25) is 9.69 Å². The Bertz CT molecular complexity index is 248. The molecule has 0 bridgehead atoms. The summed E-state index contributed by atoms with van der Waals surface area (Å²) in [4.78, 5) is 16.5. The van der Waals surface area contributed by atoms with Crippen LogP contribution in [0, 0.1) is 11.8 Å². The van der Waals surface area contributed by atoms with Crippen LogP contribution in [0.3, 0.4) is 0 Å². The Hall–Kier alpha value is -0.0900. The van der Waals surface area contributed by atoms with Gasteiger partial charge in [-0.25, -0.2) is 0 Å². The molecular weight excluding hydrogens is 280 g/mol. The number of piperazine rings is 1. The third-order valence-electron chi connectivity index (χ3n) is 3.13. The molecule has 100 valence electrons. The minimum absolute atomic E-state index is 0.0286. The van der Waals surface area contributed by atoms with Crippen LogP contribution in [0.15, 0.2) is 0 Å². The highest BCUT2D eigenvalue weighted by Gasteiger charge is 2.27. The first-order valence-electron chi connectivity index (χ1n) is 6.57. The summed E-state index contributed by atoms with van der Waals surface area (Å²) >= 11 is 3.49. The minimum atomic E-state index is -0.0286. The largest absolute Gasteiger partial charge is 0.339 e. The average Bonchev–Trinajstić information content (AvgIpc) is 2.27. The molecule has 0 aromatic rings. The zero-order valence-electron chi connectivity index (χ0n) is 11.4. The van der Waals surface area contributed by atoms with Gasteiger partial charge in [0, 0.05) is 32.7 Å². The molecule has 3 nitrogen and oxygen atoms in total. The highest BCUT2D eigenvalue weighted by atomic mass is 79.9. The highest BCUT2D eigenvalue weighted by Crippen LogP contribution is 2.16. The highest BCUT2D eigenvalue weighted by molar-refractivity contribution is 9.10. The zero-order valence-corrected chi connectivity index (χ0v) is 13.0. The molecule has 1 aliphatic rings. The van der Waals surface area contributed by atoms with Crippen LogP contribution in [0.1, 0.15) is 27.7 Å². The van der Waals surface area contributed by atoms with Crippen molar-refractivity contribution in [1.82, 2.24) is 9.80 Å². The van der Waals surface area contributed by atoms with Gasteiger partial charge in [0.25, 0.3) is 0 Å². The van der Waals surface area contributed by atoms with Gasteiger partial charge in [0.1, 0.15) is 0 Å². The Morgan fingerprint density at radius 2 is 1.65 bits per heavy atom. The van der Waals surface area contributed by atoms with Gasteiger partial charge in [-0.1, -0.05) is 43.6 Å². The Kier molecular flexibility index (Phi) is 5.93. The average molecular weight is 305 g/mol. The van der Waals surface area contributed by atoms with E-state index in [4.69, 9.17) is 0 Å². The van der Waals surface area contributed by atoms with E-state index in [9.17, 15) is 4.79 Å². The number of alkyl halides is 1. The summed E-state index contributed by atoms with van der Waals surface area (Å²) in [5.74, 6) is 1.32. The maximum absolute atomic E-state index is 12.1. The molecule has 1 rings (SSSR count). The van der Waals surface area contributed by atoms with E-state index in [0.29, 0.717) is 11.8 Å². The first-order valence-corrected chi connectivity index (χ1v) is 7.48. The third-order valence-corrected chi connectivity index (χ3v) is 4.58. The lowest BCUT2D eigenvalue weighted by atomic mass is 10.1. The Morgan fingerprint density at radius 3 is 2.06 bits per heavy atom. The van der Waals surface area contributed by atoms with Gasteiger partial charge in [0.05, 0.1) is 4.83 Å². The van der Waals surface area contributed by atoms with Crippen molar-refractivity contribution in [1.29, 1.82) is 0 Å². The topological polar surface area (TPSA) is 23.6 Å². The molecule has 1 amide bonds. The van der Waals surface area contributed by atoms with E-state index in [2.05, 4.69) is 48.5 Å². The number of rotatable bonds is 4. The van der Waals surface area contributed by atoms with Crippen molar-refractivity contribution in [3.63, 3.8) is 0 Å². The quantitative estimate of drug-likeness (QED) is 0.744. The smallest absolute Gasteiger partial charge is 0.236 e. The van der Waals surface area contributed by atoms with E-state index in [0.717, 1.165) is 32.7 Å². The number of amides is 1. The molecule has 0 radical (unpaired) electrons. The fraction of sp³-hybridized carbons (Fsp3) is 0.923. The molecule has 0 aliphatic carbocycles. The van der Waals surface area contributed by atoms with Gasteiger partial charge in [0.2, 0.25) is 5.91 Å². The predicted octanol–water partition coefficient (Wildman–Crippen LogP) is 2.21.